The molecule has 2 rings (SSSR count). The maximum Gasteiger partial charge on any atom is 0.136 e. The van der Waals surface area contributed by atoms with E-state index < -0.39 is 0 Å². The number of fused-ring (bicyclic) bond motifs is 1. The molecular weight excluding hydrogens is 174 g/mol. The first-order valence-electron chi connectivity index (χ1n) is 4.56. The molecule has 0 radical (unpaired) electrons. The molecule has 0 N–H and O–H groups in total. The van der Waals surface area contributed by atoms with Crippen LogP contribution in [-0.2, 0) is 0 Å². The molecule has 0 atom stereocenters. The molecule has 1 aliphatic heterocycles. The van der Waals surface area contributed by atoms with Crippen LogP contribution in [0, 0.1) is 0 Å². The van der Waals surface area contributed by atoms with Crippen LogP contribution >= 0.6 is 0 Å². The molecule has 1 aliphatic rings. The lowest BCUT2D eigenvalue weighted by atomic mass is 10.1. The molecule has 1 heterocycles. The monoisotopic (exact) mass is 187 g/mol. The van der Waals surface area contributed by atoms with Crippen LogP contribution in [0.1, 0.15) is 11.1 Å². The van der Waals surface area contributed by atoms with Gasteiger partial charge in [0.1, 0.15) is 11.7 Å². The van der Waals surface area contributed by atoms with Gasteiger partial charge in [0.15, 0.2) is 0 Å². The third-order valence-corrected chi connectivity index (χ3v) is 2.47. The molecule has 0 unspecified atom stereocenters. The van der Waals surface area contributed by atoms with Crippen molar-refractivity contribution in [3.05, 3.63) is 35.4 Å². The summed E-state index contributed by atoms with van der Waals surface area (Å²) in [7, 11) is 5.60. The second-order valence-electron chi connectivity index (χ2n) is 3.20. The number of amidine groups is 2. The van der Waals surface area contributed by atoms with Gasteiger partial charge in [-0.05, 0) is 0 Å². The van der Waals surface area contributed by atoms with Crippen molar-refractivity contribution >= 4 is 11.7 Å². The average Bonchev–Trinajstić information content (AvgIpc) is 2.49. The predicted molar refractivity (Wildman–Crippen MR) is 59.1 cm³/mol. The molecule has 0 saturated heterocycles. The smallest absolute Gasteiger partial charge is 0.136 e. The fourth-order valence-electron chi connectivity index (χ4n) is 1.88. The summed E-state index contributed by atoms with van der Waals surface area (Å²) in [6.07, 6.45) is 0. The van der Waals surface area contributed by atoms with Crippen LogP contribution in [0.3, 0.4) is 0 Å². The summed E-state index contributed by atoms with van der Waals surface area (Å²) < 4.78 is 0. The largest absolute Gasteiger partial charge is 0.314 e. The average molecular weight is 187 g/mol. The quantitative estimate of drug-likeness (QED) is 0.603. The maximum atomic E-state index is 4.27. The number of nitrogens with zero attached hydrogens (tertiary/aromatic N) is 3. The van der Waals surface area contributed by atoms with E-state index in [2.05, 4.69) is 22.1 Å². The minimum atomic E-state index is 0.987. The van der Waals surface area contributed by atoms with Gasteiger partial charge >= 0.3 is 0 Å². The topological polar surface area (TPSA) is 28.0 Å². The molecule has 72 valence electrons. The van der Waals surface area contributed by atoms with E-state index in [1.54, 1.807) is 14.1 Å². The SMILES string of the molecule is C/N=C1/c2ccccc2/C(=N/C)N1C. The second-order valence-corrected chi connectivity index (χ2v) is 3.20. The minimum absolute atomic E-state index is 0.987. The highest BCUT2D eigenvalue weighted by Crippen LogP contribution is 2.22. The third kappa shape index (κ3) is 1.05. The Morgan fingerprint density at radius 1 is 0.929 bits per heavy atom. The van der Waals surface area contributed by atoms with E-state index in [1.165, 1.54) is 0 Å². The van der Waals surface area contributed by atoms with Gasteiger partial charge in [-0.1, -0.05) is 24.3 Å². The zero-order chi connectivity index (χ0) is 10.1. The molecule has 1 aromatic rings. The molecule has 0 fully saturated rings. The Balaban J connectivity index is 2.68. The molecular formula is C11H13N3. The van der Waals surface area contributed by atoms with E-state index in [0.29, 0.717) is 0 Å². The van der Waals surface area contributed by atoms with E-state index in [4.69, 9.17) is 0 Å². The van der Waals surface area contributed by atoms with Crippen LogP contribution in [0.2, 0.25) is 0 Å². The van der Waals surface area contributed by atoms with E-state index in [-0.39, 0.29) is 0 Å². The molecule has 3 nitrogen and oxygen atoms in total. The van der Waals surface area contributed by atoms with Gasteiger partial charge in [0.05, 0.1) is 0 Å². The Hall–Kier alpha value is -1.64. The molecule has 14 heavy (non-hydrogen) atoms. The highest BCUT2D eigenvalue weighted by Gasteiger charge is 2.27. The summed E-state index contributed by atoms with van der Waals surface area (Å²) in [6, 6.07) is 8.20. The number of hydrogen-bond donors (Lipinski definition) is 0. The Kier molecular flexibility index (Phi) is 2.08. The van der Waals surface area contributed by atoms with Gasteiger partial charge in [-0.15, -0.1) is 0 Å². The van der Waals surface area contributed by atoms with Gasteiger partial charge < -0.3 is 4.90 Å². The summed E-state index contributed by atoms with van der Waals surface area (Å²) in [5.74, 6) is 1.97. The molecule has 0 spiro atoms. The van der Waals surface area contributed by atoms with Crippen LogP contribution in [0.25, 0.3) is 0 Å². The van der Waals surface area contributed by atoms with Crippen molar-refractivity contribution in [2.75, 3.05) is 21.1 Å². The lowest BCUT2D eigenvalue weighted by Gasteiger charge is -2.11. The van der Waals surface area contributed by atoms with Crippen molar-refractivity contribution in [1.29, 1.82) is 0 Å². The van der Waals surface area contributed by atoms with E-state index >= 15 is 0 Å². The van der Waals surface area contributed by atoms with Crippen molar-refractivity contribution < 1.29 is 0 Å². The minimum Gasteiger partial charge on any atom is -0.314 e. The zero-order valence-electron chi connectivity index (χ0n) is 8.65. The van der Waals surface area contributed by atoms with E-state index in [9.17, 15) is 0 Å². The second kappa shape index (κ2) is 3.25. The summed E-state index contributed by atoms with van der Waals surface area (Å²) in [4.78, 5) is 10.6. The van der Waals surface area contributed by atoms with Crippen molar-refractivity contribution in [1.82, 2.24) is 4.90 Å². The lowest BCUT2D eigenvalue weighted by molar-refractivity contribution is 0.766. The lowest BCUT2D eigenvalue weighted by Crippen LogP contribution is -2.26. The summed E-state index contributed by atoms with van der Waals surface area (Å²) in [5, 5.41) is 0. The van der Waals surface area contributed by atoms with Crippen molar-refractivity contribution in [2.24, 2.45) is 9.98 Å². The van der Waals surface area contributed by atoms with Gasteiger partial charge in [-0.2, -0.15) is 0 Å². The maximum absolute atomic E-state index is 4.27. The van der Waals surface area contributed by atoms with Gasteiger partial charge in [0.2, 0.25) is 0 Å². The first-order chi connectivity index (χ1) is 6.79. The summed E-state index contributed by atoms with van der Waals surface area (Å²) >= 11 is 0. The summed E-state index contributed by atoms with van der Waals surface area (Å²) in [5.41, 5.74) is 2.33. The molecule has 1 aromatic carbocycles. The molecule has 0 aromatic heterocycles. The number of hydrogen-bond acceptors (Lipinski definition) is 2. The van der Waals surface area contributed by atoms with Crippen molar-refractivity contribution in [3.63, 3.8) is 0 Å². The highest BCUT2D eigenvalue weighted by atomic mass is 15.2. The number of aliphatic imine (C=N–C) groups is 2. The van der Waals surface area contributed by atoms with Crippen LogP contribution in [0.4, 0.5) is 0 Å². The van der Waals surface area contributed by atoms with Gasteiger partial charge in [-0.3, -0.25) is 9.98 Å². The normalized spacial score (nSPS) is 20.6. The van der Waals surface area contributed by atoms with Crippen LogP contribution in [-0.4, -0.2) is 37.7 Å². The Morgan fingerprint density at radius 3 is 1.71 bits per heavy atom. The van der Waals surface area contributed by atoms with Crippen molar-refractivity contribution in [2.45, 2.75) is 0 Å². The first kappa shape index (κ1) is 8.94. The fourth-order valence-corrected chi connectivity index (χ4v) is 1.88. The van der Waals surface area contributed by atoms with Crippen LogP contribution in [0.15, 0.2) is 34.3 Å². The highest BCUT2D eigenvalue weighted by molar-refractivity contribution is 6.24. The Morgan fingerprint density at radius 2 is 1.36 bits per heavy atom. The fraction of sp³-hybridized carbons (Fsp3) is 0.273. The molecule has 3 heteroatoms. The molecule has 0 saturated carbocycles. The van der Waals surface area contributed by atoms with E-state index in [0.717, 1.165) is 22.8 Å². The molecule has 0 aliphatic carbocycles. The Bertz CT molecular complexity index is 379. The molecule has 0 amide bonds. The van der Waals surface area contributed by atoms with Crippen LogP contribution in [0.5, 0.6) is 0 Å². The number of rotatable bonds is 0. The van der Waals surface area contributed by atoms with Gasteiger partial charge in [0.25, 0.3) is 0 Å². The van der Waals surface area contributed by atoms with E-state index in [1.807, 2.05) is 24.1 Å². The van der Waals surface area contributed by atoms with Crippen molar-refractivity contribution in [3.8, 4) is 0 Å². The standard InChI is InChI=1S/C11H13N3/c1-12-10-8-6-4-5-7-9(8)11(13-2)14(10)3/h4-7H,1-3H3/b12-10-,13-11-. The number of benzene rings is 1. The predicted octanol–water partition coefficient (Wildman–Crippen LogP) is 1.38. The first-order valence-corrected chi connectivity index (χ1v) is 4.56. The zero-order valence-corrected chi connectivity index (χ0v) is 8.65. The molecule has 0 bridgehead atoms. The van der Waals surface area contributed by atoms with Gasteiger partial charge in [0, 0.05) is 32.3 Å². The van der Waals surface area contributed by atoms with Gasteiger partial charge in [-0.25, -0.2) is 0 Å². The Labute approximate surface area is 83.8 Å². The third-order valence-electron chi connectivity index (χ3n) is 2.47. The summed E-state index contributed by atoms with van der Waals surface area (Å²) in [6.45, 7) is 0. The van der Waals surface area contributed by atoms with Crippen LogP contribution < -0.4 is 0 Å².